The van der Waals surface area contributed by atoms with Gasteiger partial charge in [-0.25, -0.2) is 0 Å². The molecular formula is C16H22N4O2. The van der Waals surface area contributed by atoms with Crippen LogP contribution in [0.2, 0.25) is 0 Å². The number of pyridine rings is 1. The summed E-state index contributed by atoms with van der Waals surface area (Å²) in [6.45, 7) is 2.41. The van der Waals surface area contributed by atoms with E-state index in [4.69, 9.17) is 0 Å². The second-order valence-corrected chi connectivity index (χ2v) is 6.20. The quantitative estimate of drug-likeness (QED) is 0.755. The SMILES string of the molecule is O=C(CCNC(=O)C1CC12CCNCC2)Nc1cccnc1. The van der Waals surface area contributed by atoms with E-state index in [0.717, 1.165) is 32.4 Å². The van der Waals surface area contributed by atoms with Crippen LogP contribution in [0.3, 0.4) is 0 Å². The number of hydrogen-bond acceptors (Lipinski definition) is 4. The number of nitrogens with zero attached hydrogens (tertiary/aromatic N) is 1. The highest BCUT2D eigenvalue weighted by molar-refractivity contribution is 5.91. The van der Waals surface area contributed by atoms with E-state index >= 15 is 0 Å². The third-order valence-corrected chi connectivity index (χ3v) is 4.70. The van der Waals surface area contributed by atoms with Crippen LogP contribution in [0.25, 0.3) is 0 Å². The van der Waals surface area contributed by atoms with E-state index in [0.29, 0.717) is 12.2 Å². The van der Waals surface area contributed by atoms with E-state index in [-0.39, 0.29) is 29.6 Å². The summed E-state index contributed by atoms with van der Waals surface area (Å²) >= 11 is 0. The lowest BCUT2D eigenvalue weighted by molar-refractivity contribution is -0.123. The molecule has 3 rings (SSSR count). The molecule has 1 unspecified atom stereocenters. The van der Waals surface area contributed by atoms with Crippen LogP contribution in [0.15, 0.2) is 24.5 Å². The largest absolute Gasteiger partial charge is 0.355 e. The van der Waals surface area contributed by atoms with Gasteiger partial charge in [-0.2, -0.15) is 0 Å². The standard InChI is InChI=1S/C16H22N4O2/c21-14(20-12-2-1-6-18-11-12)3-7-19-15(22)13-10-16(13)4-8-17-9-5-16/h1-2,6,11,13,17H,3-5,7-10H2,(H,19,22)(H,20,21). The van der Waals surface area contributed by atoms with Gasteiger partial charge in [0.05, 0.1) is 11.9 Å². The van der Waals surface area contributed by atoms with Gasteiger partial charge in [-0.3, -0.25) is 14.6 Å². The van der Waals surface area contributed by atoms with Crippen molar-refractivity contribution in [1.29, 1.82) is 0 Å². The van der Waals surface area contributed by atoms with E-state index < -0.39 is 0 Å². The summed E-state index contributed by atoms with van der Waals surface area (Å²) in [6.07, 6.45) is 6.72. The fourth-order valence-corrected chi connectivity index (χ4v) is 3.28. The molecule has 1 aliphatic carbocycles. The number of carbonyl (C=O) groups is 2. The molecule has 0 radical (unpaired) electrons. The van der Waals surface area contributed by atoms with Gasteiger partial charge in [-0.05, 0) is 49.9 Å². The van der Waals surface area contributed by atoms with Gasteiger partial charge in [0.2, 0.25) is 11.8 Å². The number of amides is 2. The molecule has 118 valence electrons. The molecule has 0 bridgehead atoms. The van der Waals surface area contributed by atoms with Crippen molar-refractivity contribution in [3.63, 3.8) is 0 Å². The maximum absolute atomic E-state index is 12.1. The van der Waals surface area contributed by atoms with E-state index in [1.165, 1.54) is 0 Å². The van der Waals surface area contributed by atoms with Gasteiger partial charge in [-0.15, -0.1) is 0 Å². The molecule has 2 fully saturated rings. The Labute approximate surface area is 130 Å². The smallest absolute Gasteiger partial charge is 0.226 e. The summed E-state index contributed by atoms with van der Waals surface area (Å²) in [5.74, 6) is 0.146. The normalized spacial score (nSPS) is 22.1. The molecule has 1 atom stereocenters. The summed E-state index contributed by atoms with van der Waals surface area (Å²) in [5, 5.41) is 8.98. The fourth-order valence-electron chi connectivity index (χ4n) is 3.28. The van der Waals surface area contributed by atoms with E-state index in [1.807, 2.05) is 0 Å². The summed E-state index contributed by atoms with van der Waals surface area (Å²) in [5.41, 5.74) is 0.919. The Balaban J connectivity index is 1.36. The Morgan fingerprint density at radius 2 is 2.18 bits per heavy atom. The topological polar surface area (TPSA) is 83.1 Å². The van der Waals surface area contributed by atoms with Gasteiger partial charge in [0.15, 0.2) is 0 Å². The molecule has 1 saturated carbocycles. The Bertz CT molecular complexity index is 540. The van der Waals surface area contributed by atoms with Crippen LogP contribution < -0.4 is 16.0 Å². The molecule has 1 aromatic rings. The molecule has 0 aromatic carbocycles. The molecule has 3 N–H and O–H groups in total. The van der Waals surface area contributed by atoms with Crippen LogP contribution in [0.5, 0.6) is 0 Å². The Morgan fingerprint density at radius 3 is 2.91 bits per heavy atom. The third-order valence-electron chi connectivity index (χ3n) is 4.70. The van der Waals surface area contributed by atoms with Crippen molar-refractivity contribution in [2.24, 2.45) is 11.3 Å². The van der Waals surface area contributed by atoms with Crippen LogP contribution in [0.1, 0.15) is 25.7 Å². The lowest BCUT2D eigenvalue weighted by atomic mass is 9.92. The molecule has 1 aliphatic heterocycles. The zero-order valence-electron chi connectivity index (χ0n) is 12.6. The van der Waals surface area contributed by atoms with Crippen LogP contribution in [-0.4, -0.2) is 36.4 Å². The predicted molar refractivity (Wildman–Crippen MR) is 83.1 cm³/mol. The predicted octanol–water partition coefficient (Wildman–Crippen LogP) is 0.916. The summed E-state index contributed by atoms with van der Waals surface area (Å²) in [7, 11) is 0. The van der Waals surface area contributed by atoms with Crippen LogP contribution in [0.4, 0.5) is 5.69 Å². The highest BCUT2D eigenvalue weighted by atomic mass is 16.2. The molecule has 22 heavy (non-hydrogen) atoms. The molecule has 6 nitrogen and oxygen atoms in total. The maximum atomic E-state index is 12.1. The van der Waals surface area contributed by atoms with E-state index in [9.17, 15) is 9.59 Å². The minimum atomic E-state index is -0.110. The summed E-state index contributed by atoms with van der Waals surface area (Å²) in [6, 6.07) is 3.55. The number of carbonyl (C=O) groups excluding carboxylic acids is 2. The van der Waals surface area contributed by atoms with E-state index in [2.05, 4.69) is 20.9 Å². The molecule has 6 heteroatoms. The zero-order valence-corrected chi connectivity index (χ0v) is 12.6. The van der Waals surface area contributed by atoms with Crippen molar-refractivity contribution in [2.75, 3.05) is 25.0 Å². The molecule has 1 aromatic heterocycles. The average Bonchev–Trinajstić information content (AvgIpc) is 3.22. The fraction of sp³-hybridized carbons (Fsp3) is 0.562. The van der Waals surface area contributed by atoms with Crippen molar-refractivity contribution in [1.82, 2.24) is 15.6 Å². The van der Waals surface area contributed by atoms with Gasteiger partial charge in [0, 0.05) is 25.1 Å². The van der Waals surface area contributed by atoms with Crippen LogP contribution in [0, 0.1) is 11.3 Å². The lowest BCUT2D eigenvalue weighted by Crippen LogP contribution is -2.34. The molecule has 2 heterocycles. The van der Waals surface area contributed by atoms with Crippen molar-refractivity contribution < 1.29 is 9.59 Å². The highest BCUT2D eigenvalue weighted by Gasteiger charge is 2.57. The lowest BCUT2D eigenvalue weighted by Gasteiger charge is -2.23. The van der Waals surface area contributed by atoms with Gasteiger partial charge < -0.3 is 16.0 Å². The molecule has 1 saturated heterocycles. The number of hydrogen-bond donors (Lipinski definition) is 3. The summed E-state index contributed by atoms with van der Waals surface area (Å²) in [4.78, 5) is 27.9. The van der Waals surface area contributed by atoms with E-state index in [1.54, 1.807) is 24.5 Å². The average molecular weight is 302 g/mol. The minimum absolute atomic E-state index is 0.107. The van der Waals surface area contributed by atoms with Gasteiger partial charge in [-0.1, -0.05) is 0 Å². The van der Waals surface area contributed by atoms with Crippen LogP contribution in [-0.2, 0) is 9.59 Å². The Hall–Kier alpha value is -1.95. The highest BCUT2D eigenvalue weighted by Crippen LogP contribution is 2.58. The number of aromatic nitrogens is 1. The number of piperidine rings is 1. The number of anilines is 1. The molecule has 1 spiro atoms. The van der Waals surface area contributed by atoms with Crippen LogP contribution >= 0.6 is 0 Å². The second-order valence-electron chi connectivity index (χ2n) is 6.20. The Morgan fingerprint density at radius 1 is 1.36 bits per heavy atom. The Kier molecular flexibility index (Phi) is 4.38. The van der Waals surface area contributed by atoms with Crippen molar-refractivity contribution >= 4 is 17.5 Å². The first-order valence-electron chi connectivity index (χ1n) is 7.88. The minimum Gasteiger partial charge on any atom is -0.355 e. The number of nitrogens with one attached hydrogen (secondary N) is 3. The summed E-state index contributed by atoms with van der Waals surface area (Å²) < 4.78 is 0. The van der Waals surface area contributed by atoms with Gasteiger partial charge in [0.1, 0.15) is 0 Å². The van der Waals surface area contributed by atoms with Crippen molar-refractivity contribution in [2.45, 2.75) is 25.7 Å². The maximum Gasteiger partial charge on any atom is 0.226 e. The first-order chi connectivity index (χ1) is 10.7. The number of rotatable bonds is 5. The van der Waals surface area contributed by atoms with Crippen molar-refractivity contribution in [3.8, 4) is 0 Å². The zero-order chi connectivity index (χ0) is 15.4. The third kappa shape index (κ3) is 3.44. The molecule has 2 amide bonds. The second kappa shape index (κ2) is 6.44. The molecular weight excluding hydrogens is 280 g/mol. The first kappa shape index (κ1) is 15.0. The first-order valence-corrected chi connectivity index (χ1v) is 7.88. The van der Waals surface area contributed by atoms with Gasteiger partial charge in [0.25, 0.3) is 0 Å². The van der Waals surface area contributed by atoms with Crippen molar-refractivity contribution in [3.05, 3.63) is 24.5 Å². The van der Waals surface area contributed by atoms with Gasteiger partial charge >= 0.3 is 0 Å². The monoisotopic (exact) mass is 302 g/mol. The molecule has 2 aliphatic rings.